The van der Waals surface area contributed by atoms with Crippen LogP contribution >= 0.6 is 0 Å². The van der Waals surface area contributed by atoms with Gasteiger partial charge in [-0.05, 0) is 35.6 Å². The Kier molecular flexibility index (Phi) is 2.28. The molecule has 0 radical (unpaired) electrons. The fourth-order valence-electron chi connectivity index (χ4n) is 2.46. The summed E-state index contributed by atoms with van der Waals surface area (Å²) in [6.07, 6.45) is 3.18. The SMILES string of the molecule is C=CC1=C(C)c2ccccc2C1CC. The Hall–Kier alpha value is -1.30. The Labute approximate surface area is 86.0 Å². The molecule has 0 aliphatic heterocycles. The van der Waals surface area contributed by atoms with Crippen LogP contribution in [0.15, 0.2) is 42.5 Å². The van der Waals surface area contributed by atoms with E-state index in [1.165, 1.54) is 22.3 Å². The maximum Gasteiger partial charge on any atom is 0.00953 e. The molecule has 0 nitrogen and oxygen atoms in total. The van der Waals surface area contributed by atoms with Gasteiger partial charge in [0, 0.05) is 5.92 Å². The molecule has 0 bridgehead atoms. The van der Waals surface area contributed by atoms with Crippen molar-refractivity contribution in [1.82, 2.24) is 0 Å². The van der Waals surface area contributed by atoms with Crippen molar-refractivity contribution in [3.8, 4) is 0 Å². The van der Waals surface area contributed by atoms with Crippen LogP contribution in [0.25, 0.3) is 5.57 Å². The number of rotatable bonds is 2. The summed E-state index contributed by atoms with van der Waals surface area (Å²) in [7, 11) is 0. The van der Waals surface area contributed by atoms with Gasteiger partial charge in [-0.3, -0.25) is 0 Å². The van der Waals surface area contributed by atoms with Gasteiger partial charge in [0.2, 0.25) is 0 Å². The zero-order valence-corrected chi connectivity index (χ0v) is 8.88. The van der Waals surface area contributed by atoms with E-state index in [2.05, 4.69) is 44.7 Å². The standard InChI is InChI=1S/C14H16/c1-4-11-10(3)13-8-6-7-9-14(13)12(11)5-2/h4,6-9,12H,1,5H2,2-3H3. The molecule has 0 spiro atoms. The van der Waals surface area contributed by atoms with Gasteiger partial charge in [-0.1, -0.05) is 43.8 Å². The van der Waals surface area contributed by atoms with Crippen molar-refractivity contribution in [3.05, 3.63) is 53.6 Å². The van der Waals surface area contributed by atoms with E-state index in [0.29, 0.717) is 5.92 Å². The van der Waals surface area contributed by atoms with Crippen molar-refractivity contribution >= 4 is 5.57 Å². The van der Waals surface area contributed by atoms with Crippen molar-refractivity contribution < 1.29 is 0 Å². The van der Waals surface area contributed by atoms with E-state index in [4.69, 9.17) is 0 Å². The van der Waals surface area contributed by atoms with Crippen LogP contribution in [0.5, 0.6) is 0 Å². The summed E-state index contributed by atoms with van der Waals surface area (Å²) < 4.78 is 0. The summed E-state index contributed by atoms with van der Waals surface area (Å²) >= 11 is 0. The second-order valence-electron chi connectivity index (χ2n) is 3.83. The first kappa shape index (κ1) is 9.26. The molecule has 1 atom stereocenters. The highest BCUT2D eigenvalue weighted by molar-refractivity contribution is 5.78. The minimum Gasteiger partial charge on any atom is -0.0988 e. The fraction of sp³-hybridized carbons (Fsp3) is 0.286. The average molecular weight is 184 g/mol. The average Bonchev–Trinajstić information content (AvgIpc) is 2.51. The van der Waals surface area contributed by atoms with Crippen LogP contribution in [0.4, 0.5) is 0 Å². The normalized spacial score (nSPS) is 19.7. The van der Waals surface area contributed by atoms with E-state index in [9.17, 15) is 0 Å². The molecule has 0 saturated heterocycles. The maximum atomic E-state index is 3.92. The Morgan fingerprint density at radius 3 is 2.71 bits per heavy atom. The third-order valence-electron chi connectivity index (χ3n) is 3.18. The minimum atomic E-state index is 0.573. The van der Waals surface area contributed by atoms with Gasteiger partial charge < -0.3 is 0 Å². The Morgan fingerprint density at radius 1 is 1.36 bits per heavy atom. The van der Waals surface area contributed by atoms with Gasteiger partial charge in [-0.15, -0.1) is 0 Å². The molecule has 1 aliphatic rings. The number of allylic oxidation sites excluding steroid dienone is 3. The molecule has 0 N–H and O–H groups in total. The molecule has 0 heterocycles. The molecule has 0 fully saturated rings. The fourth-order valence-corrected chi connectivity index (χ4v) is 2.46. The van der Waals surface area contributed by atoms with E-state index in [0.717, 1.165) is 6.42 Å². The highest BCUT2D eigenvalue weighted by Gasteiger charge is 2.25. The topological polar surface area (TPSA) is 0 Å². The summed E-state index contributed by atoms with van der Waals surface area (Å²) in [5, 5.41) is 0. The summed E-state index contributed by atoms with van der Waals surface area (Å²) in [5.74, 6) is 0.573. The Morgan fingerprint density at radius 2 is 2.07 bits per heavy atom. The molecule has 72 valence electrons. The highest BCUT2D eigenvalue weighted by Crippen LogP contribution is 2.43. The Balaban J connectivity index is 2.61. The lowest BCUT2D eigenvalue weighted by Gasteiger charge is -2.10. The van der Waals surface area contributed by atoms with E-state index >= 15 is 0 Å². The molecule has 1 aromatic carbocycles. The van der Waals surface area contributed by atoms with Gasteiger partial charge in [0.15, 0.2) is 0 Å². The van der Waals surface area contributed by atoms with Crippen LogP contribution in [-0.2, 0) is 0 Å². The molecule has 2 rings (SSSR count). The molecule has 14 heavy (non-hydrogen) atoms. The smallest absolute Gasteiger partial charge is 0.00953 e. The van der Waals surface area contributed by atoms with Crippen molar-refractivity contribution in [3.63, 3.8) is 0 Å². The Bertz CT molecular complexity index is 396. The zero-order chi connectivity index (χ0) is 10.1. The summed E-state index contributed by atoms with van der Waals surface area (Å²) in [4.78, 5) is 0. The number of hydrogen-bond acceptors (Lipinski definition) is 0. The summed E-state index contributed by atoms with van der Waals surface area (Å²) in [6.45, 7) is 8.36. The molecule has 1 aromatic rings. The van der Waals surface area contributed by atoms with Crippen molar-refractivity contribution in [2.75, 3.05) is 0 Å². The van der Waals surface area contributed by atoms with Gasteiger partial charge in [0.05, 0.1) is 0 Å². The van der Waals surface area contributed by atoms with E-state index in [1.807, 2.05) is 6.08 Å². The van der Waals surface area contributed by atoms with Gasteiger partial charge >= 0.3 is 0 Å². The van der Waals surface area contributed by atoms with E-state index < -0.39 is 0 Å². The lowest BCUT2D eigenvalue weighted by atomic mass is 9.93. The third-order valence-corrected chi connectivity index (χ3v) is 3.18. The van der Waals surface area contributed by atoms with E-state index in [-0.39, 0.29) is 0 Å². The lowest BCUT2D eigenvalue weighted by molar-refractivity contribution is 0.791. The third kappa shape index (κ3) is 1.14. The quantitative estimate of drug-likeness (QED) is 0.647. The van der Waals surface area contributed by atoms with Crippen LogP contribution in [0.2, 0.25) is 0 Å². The number of hydrogen-bond donors (Lipinski definition) is 0. The molecular formula is C14H16. The van der Waals surface area contributed by atoms with Crippen molar-refractivity contribution in [2.45, 2.75) is 26.2 Å². The summed E-state index contributed by atoms with van der Waals surface area (Å²) in [6, 6.07) is 8.69. The van der Waals surface area contributed by atoms with Crippen molar-refractivity contribution in [1.29, 1.82) is 0 Å². The predicted octanol–water partition coefficient (Wildman–Crippen LogP) is 4.15. The summed E-state index contributed by atoms with van der Waals surface area (Å²) in [5.41, 5.74) is 5.70. The lowest BCUT2D eigenvalue weighted by Crippen LogP contribution is -1.94. The molecule has 0 saturated carbocycles. The van der Waals surface area contributed by atoms with Crippen LogP contribution < -0.4 is 0 Å². The first-order chi connectivity index (χ1) is 6.79. The van der Waals surface area contributed by atoms with Gasteiger partial charge in [-0.2, -0.15) is 0 Å². The largest absolute Gasteiger partial charge is 0.0988 e. The molecule has 1 unspecified atom stereocenters. The number of benzene rings is 1. The molecule has 0 aromatic heterocycles. The minimum absolute atomic E-state index is 0.573. The monoisotopic (exact) mass is 184 g/mol. The van der Waals surface area contributed by atoms with Gasteiger partial charge in [-0.25, -0.2) is 0 Å². The second kappa shape index (κ2) is 3.45. The maximum absolute atomic E-state index is 3.92. The number of fused-ring (bicyclic) bond motifs is 1. The first-order valence-electron chi connectivity index (χ1n) is 5.22. The predicted molar refractivity (Wildman–Crippen MR) is 62.3 cm³/mol. The van der Waals surface area contributed by atoms with Gasteiger partial charge in [0.1, 0.15) is 0 Å². The second-order valence-corrected chi connectivity index (χ2v) is 3.83. The van der Waals surface area contributed by atoms with Crippen LogP contribution in [0, 0.1) is 0 Å². The van der Waals surface area contributed by atoms with Gasteiger partial charge in [0.25, 0.3) is 0 Å². The van der Waals surface area contributed by atoms with Crippen LogP contribution in [0.3, 0.4) is 0 Å². The molecule has 0 heteroatoms. The van der Waals surface area contributed by atoms with Crippen LogP contribution in [0.1, 0.15) is 37.3 Å². The van der Waals surface area contributed by atoms with E-state index in [1.54, 1.807) is 0 Å². The highest BCUT2D eigenvalue weighted by atomic mass is 14.3. The van der Waals surface area contributed by atoms with Crippen molar-refractivity contribution in [2.24, 2.45) is 0 Å². The molecule has 1 aliphatic carbocycles. The molecule has 0 amide bonds. The van der Waals surface area contributed by atoms with Crippen LogP contribution in [-0.4, -0.2) is 0 Å². The molecular weight excluding hydrogens is 168 g/mol. The zero-order valence-electron chi connectivity index (χ0n) is 8.88. The first-order valence-corrected chi connectivity index (χ1v) is 5.22.